The number of carbonyl (C=O) groups is 4. The molecule has 3 unspecified atom stereocenters. The molecule has 16 heteroatoms. The minimum atomic E-state index is -3.51. The fraction of sp³-hybridized carbons (Fsp3) is 0.205. The van der Waals surface area contributed by atoms with Crippen molar-refractivity contribution in [1.29, 1.82) is 0 Å². The molecular weight excluding hydrogens is 793 g/mol. The van der Waals surface area contributed by atoms with E-state index in [9.17, 15) is 39.7 Å². The number of β-lactam (4-membered cyclic amide) rings is 1. The Labute approximate surface area is 344 Å². The Bertz CT molecular complexity index is 2360. The summed E-state index contributed by atoms with van der Waals surface area (Å²) in [7, 11) is 0. The van der Waals surface area contributed by atoms with Gasteiger partial charge in [-0.25, -0.2) is 9.59 Å². The number of aliphatic carboxylic acids is 1. The van der Waals surface area contributed by atoms with Crippen molar-refractivity contribution >= 4 is 63.6 Å². The number of hydrogen-bond donors (Lipinski definition) is 1. The van der Waals surface area contributed by atoms with E-state index in [1.54, 1.807) is 36.4 Å². The predicted molar refractivity (Wildman–Crippen MR) is 222 cm³/mol. The number of carboxylic acids is 1. The number of likely N-dealkylation sites (tertiary alicyclic amines) is 1. The van der Waals surface area contributed by atoms with Gasteiger partial charge < -0.3 is 19.3 Å². The second-order valence-electron chi connectivity index (χ2n) is 14.5. The molecule has 0 saturated carbocycles. The predicted octanol–water partition coefficient (Wildman–Crippen LogP) is 6.35. The van der Waals surface area contributed by atoms with Crippen LogP contribution in [0.15, 0.2) is 140 Å². The van der Waals surface area contributed by atoms with Gasteiger partial charge in [-0.3, -0.25) is 34.7 Å². The van der Waals surface area contributed by atoms with E-state index in [1.807, 2.05) is 54.6 Å². The van der Waals surface area contributed by atoms with Gasteiger partial charge in [0, 0.05) is 31.2 Å². The molecule has 0 bridgehead atoms. The van der Waals surface area contributed by atoms with E-state index in [4.69, 9.17) is 14.2 Å². The van der Waals surface area contributed by atoms with Crippen LogP contribution in [0.2, 0.25) is 0 Å². The van der Waals surface area contributed by atoms with Gasteiger partial charge >= 0.3 is 18.1 Å². The quantitative estimate of drug-likeness (QED) is 0.0403. The average molecular weight is 834 g/mol. The van der Waals surface area contributed by atoms with E-state index < -0.39 is 64.2 Å². The first-order chi connectivity index (χ1) is 28.7. The number of amides is 1. The van der Waals surface area contributed by atoms with Crippen LogP contribution in [0.4, 0.5) is 16.2 Å². The summed E-state index contributed by atoms with van der Waals surface area (Å²) < 4.78 is 16.9. The zero-order valence-electron chi connectivity index (χ0n) is 32.7. The first-order valence-electron chi connectivity index (χ1n) is 18.6. The highest BCUT2D eigenvalue weighted by atomic mass is 31.2. The van der Waals surface area contributed by atoms with Gasteiger partial charge in [0.2, 0.25) is 5.91 Å². The highest BCUT2D eigenvalue weighted by molar-refractivity contribution is 7.96. The second-order valence-corrected chi connectivity index (χ2v) is 17.8. The number of nitrogens with zero attached hydrogens (tertiary/aromatic N) is 3. The van der Waals surface area contributed by atoms with Gasteiger partial charge in [0.05, 0.1) is 27.2 Å². The lowest BCUT2D eigenvalue weighted by molar-refractivity contribution is -0.385. The molecule has 5 aromatic carbocycles. The minimum Gasteiger partial charge on any atom is -0.481 e. The number of carbonyl (C=O) groups excluding carboxylic acids is 3. The van der Waals surface area contributed by atoms with Crippen LogP contribution in [0.1, 0.15) is 31.9 Å². The lowest BCUT2D eigenvalue weighted by atomic mass is 9.68. The van der Waals surface area contributed by atoms with Crippen LogP contribution < -0.4 is 15.9 Å². The molecule has 0 spiro atoms. The topological polar surface area (TPSA) is 206 Å². The zero-order chi connectivity index (χ0) is 43.2. The Balaban J connectivity index is 1.50. The summed E-state index contributed by atoms with van der Waals surface area (Å²) in [4.78, 5) is 78.8. The molecule has 3 atom stereocenters. The van der Waals surface area contributed by atoms with Crippen LogP contribution in [-0.4, -0.2) is 61.4 Å². The Morgan fingerprint density at radius 2 is 1.10 bits per heavy atom. The molecule has 1 N–H and O–H groups in total. The third-order valence-corrected chi connectivity index (χ3v) is 14.7. The summed E-state index contributed by atoms with van der Waals surface area (Å²) in [6, 6.07) is 36.7. The Kier molecular flexibility index (Phi) is 12.6. The average Bonchev–Trinajstić information content (AvgIpc) is 3.25. The maximum atomic E-state index is 15.2. The van der Waals surface area contributed by atoms with Crippen LogP contribution in [0.25, 0.3) is 0 Å². The number of esters is 1. The lowest BCUT2D eigenvalue weighted by Gasteiger charge is -2.55. The summed E-state index contributed by atoms with van der Waals surface area (Å²) in [5.74, 6) is -4.24. The van der Waals surface area contributed by atoms with Crippen molar-refractivity contribution < 1.29 is 48.3 Å². The standard InChI is InChI=1S/C44H40N3O12P/c1-29(59-43(52)58-28-31-21-25-33(26-22-31)47(55)56)37-38(44(2,3)42(50)51)45(39(37)48)40(41(49)57-27-30-19-23-32(24-20-30)46(53)54)60(34-13-7-4-8-14-34,35-15-9-5-10-16-35)36-17-11-6-12-18-36/h4-26,29,37-38H,27-28H2,1-3H3,(H,50,51). The van der Waals surface area contributed by atoms with Crippen molar-refractivity contribution in [2.24, 2.45) is 11.3 Å². The van der Waals surface area contributed by atoms with Gasteiger partial charge in [0.1, 0.15) is 24.7 Å². The van der Waals surface area contributed by atoms with E-state index in [2.05, 4.69) is 0 Å². The molecule has 5 aromatic rings. The van der Waals surface area contributed by atoms with Gasteiger partial charge in [-0.2, -0.15) is 0 Å². The molecule has 1 saturated heterocycles. The molecule has 15 nitrogen and oxygen atoms in total. The summed E-state index contributed by atoms with van der Waals surface area (Å²) in [5, 5.41) is 35.0. The van der Waals surface area contributed by atoms with E-state index in [0.29, 0.717) is 27.0 Å². The van der Waals surface area contributed by atoms with Crippen molar-refractivity contribution in [3.05, 3.63) is 171 Å². The number of non-ortho nitro benzene ring substituents is 2. The van der Waals surface area contributed by atoms with Crippen molar-refractivity contribution in [3.8, 4) is 0 Å². The Morgan fingerprint density at radius 1 is 0.700 bits per heavy atom. The summed E-state index contributed by atoms with van der Waals surface area (Å²) >= 11 is 0. The van der Waals surface area contributed by atoms with Crippen molar-refractivity contribution in [3.63, 3.8) is 0 Å². The molecule has 6 rings (SSSR count). The molecule has 1 aliphatic rings. The Morgan fingerprint density at radius 3 is 1.48 bits per heavy atom. The van der Waals surface area contributed by atoms with Crippen LogP contribution in [0, 0.1) is 31.6 Å². The van der Waals surface area contributed by atoms with Gasteiger partial charge in [0.15, 0.2) is 0 Å². The molecule has 1 heterocycles. The molecule has 1 aliphatic heterocycles. The first kappa shape index (κ1) is 42.5. The van der Waals surface area contributed by atoms with Crippen LogP contribution in [0.3, 0.4) is 0 Å². The molecule has 60 heavy (non-hydrogen) atoms. The monoisotopic (exact) mass is 833 g/mol. The number of nitro benzene ring substituents is 2. The number of nitro groups is 2. The highest BCUT2D eigenvalue weighted by Crippen LogP contribution is 2.52. The third-order valence-electron chi connectivity index (χ3n) is 10.4. The number of hydrogen-bond acceptors (Lipinski definition) is 11. The lowest BCUT2D eigenvalue weighted by Crippen LogP contribution is -2.73. The molecule has 1 fully saturated rings. The fourth-order valence-corrected chi connectivity index (χ4v) is 11.7. The normalized spacial score (nSPS) is 15.5. The number of ether oxygens (including phenoxy) is 3. The molecule has 0 radical (unpaired) electrons. The van der Waals surface area contributed by atoms with E-state index in [1.165, 1.54) is 74.2 Å². The first-order valence-corrected chi connectivity index (χ1v) is 20.4. The number of carboxylic acid groups (broad SMARTS) is 1. The summed E-state index contributed by atoms with van der Waals surface area (Å²) in [5.41, 5.74) is -1.36. The van der Waals surface area contributed by atoms with Crippen molar-refractivity contribution in [1.82, 2.24) is 4.90 Å². The SMILES string of the molecule is CC(OC(=O)OCc1ccc([N+](=O)[O-])cc1)C1C(=O)N(C(C(=O)OCc2ccc([N+](=O)[O-])cc2)=P(c2ccccc2)(c2ccccc2)c2ccccc2)C1C(C)(C)C(=O)O. The van der Waals surface area contributed by atoms with Gasteiger partial charge in [-0.05, 0) is 72.1 Å². The smallest absolute Gasteiger partial charge is 0.481 e. The maximum Gasteiger partial charge on any atom is 0.508 e. The second kappa shape index (κ2) is 17.8. The van der Waals surface area contributed by atoms with Gasteiger partial charge in [0.25, 0.3) is 11.4 Å². The molecule has 0 aromatic heterocycles. The van der Waals surface area contributed by atoms with E-state index in [0.717, 1.165) is 0 Å². The molecular formula is C44H40N3O12P. The summed E-state index contributed by atoms with van der Waals surface area (Å²) in [6.07, 6.45) is -2.44. The third kappa shape index (κ3) is 8.38. The molecule has 1 amide bonds. The minimum absolute atomic E-state index is 0.124. The number of benzene rings is 5. The molecule has 0 aliphatic carbocycles. The van der Waals surface area contributed by atoms with Crippen LogP contribution >= 0.6 is 6.89 Å². The molecule has 308 valence electrons. The van der Waals surface area contributed by atoms with Crippen LogP contribution in [-0.2, 0) is 41.8 Å². The largest absolute Gasteiger partial charge is 0.508 e. The van der Waals surface area contributed by atoms with Gasteiger partial charge in [-0.15, -0.1) is 0 Å². The Hall–Kier alpha value is -7.12. The van der Waals surface area contributed by atoms with Crippen molar-refractivity contribution in [2.45, 2.75) is 46.1 Å². The van der Waals surface area contributed by atoms with Crippen LogP contribution in [0.5, 0.6) is 0 Å². The zero-order valence-corrected chi connectivity index (χ0v) is 33.5. The highest BCUT2D eigenvalue weighted by Gasteiger charge is 2.63. The maximum absolute atomic E-state index is 15.2. The van der Waals surface area contributed by atoms with E-state index in [-0.39, 0.29) is 30.0 Å². The van der Waals surface area contributed by atoms with Gasteiger partial charge in [-0.1, -0.05) is 91.0 Å². The summed E-state index contributed by atoms with van der Waals surface area (Å²) in [6.45, 7) is 0.0952. The van der Waals surface area contributed by atoms with E-state index >= 15 is 4.79 Å². The number of rotatable bonds is 15. The van der Waals surface area contributed by atoms with Crippen molar-refractivity contribution in [2.75, 3.05) is 0 Å². The fourth-order valence-electron chi connectivity index (χ4n) is 7.31.